The van der Waals surface area contributed by atoms with Crippen molar-refractivity contribution >= 4 is 17.7 Å². The van der Waals surface area contributed by atoms with Gasteiger partial charge in [-0.15, -0.1) is 0 Å². The molecule has 0 bridgehead atoms. The number of fused-ring (bicyclic) bond motifs is 5. The smallest absolute Gasteiger partial charge is 0.00927 e. The SMILES string of the molecule is C1=CC2=c3ccc4c(c3C=C2CC1)C=c1ccccc1=4. The molecule has 3 aliphatic rings. The molecule has 0 saturated carbocycles. The summed E-state index contributed by atoms with van der Waals surface area (Å²) in [5.41, 5.74) is 5.79. The van der Waals surface area contributed by atoms with Gasteiger partial charge in [0.15, 0.2) is 0 Å². The Labute approximate surface area is 117 Å². The standard InChI is InChI=1S/C20H14/c1-3-7-15-13(5-1)11-19-17(15)9-10-18-16-8-4-2-6-14(16)12-20(18)19/h1,3-5,7-12H,2,6H2. The Kier molecular flexibility index (Phi) is 1.88. The van der Waals surface area contributed by atoms with Crippen LogP contribution in [0.3, 0.4) is 0 Å². The van der Waals surface area contributed by atoms with E-state index >= 15 is 0 Å². The fourth-order valence-corrected chi connectivity index (χ4v) is 3.71. The Balaban J connectivity index is 1.99. The molecule has 0 aromatic heterocycles. The van der Waals surface area contributed by atoms with Crippen molar-refractivity contribution in [2.75, 3.05) is 0 Å². The molecule has 2 aromatic carbocycles. The molecule has 0 N–H and O–H groups in total. The average Bonchev–Trinajstić information content (AvgIpc) is 3.05. The van der Waals surface area contributed by atoms with Gasteiger partial charge in [-0.05, 0) is 68.1 Å². The van der Waals surface area contributed by atoms with Gasteiger partial charge in [-0.25, -0.2) is 0 Å². The van der Waals surface area contributed by atoms with Crippen molar-refractivity contribution in [1.82, 2.24) is 0 Å². The highest BCUT2D eigenvalue weighted by Gasteiger charge is 2.18. The van der Waals surface area contributed by atoms with Crippen LogP contribution in [0, 0.1) is 10.4 Å². The van der Waals surface area contributed by atoms with E-state index in [9.17, 15) is 0 Å². The average molecular weight is 254 g/mol. The molecule has 94 valence electrons. The summed E-state index contributed by atoms with van der Waals surface area (Å²) in [7, 11) is 0. The van der Waals surface area contributed by atoms with E-state index in [-0.39, 0.29) is 0 Å². The van der Waals surface area contributed by atoms with Gasteiger partial charge in [0.25, 0.3) is 0 Å². The number of benzene rings is 2. The zero-order valence-electron chi connectivity index (χ0n) is 11.2. The lowest BCUT2D eigenvalue weighted by Gasteiger charge is -2.07. The van der Waals surface area contributed by atoms with Gasteiger partial charge in [0.2, 0.25) is 0 Å². The molecule has 0 atom stereocenters. The summed E-state index contributed by atoms with van der Waals surface area (Å²) in [6.45, 7) is 0. The third kappa shape index (κ3) is 1.21. The molecule has 0 heteroatoms. The van der Waals surface area contributed by atoms with Gasteiger partial charge in [0.1, 0.15) is 0 Å². The molecule has 0 spiro atoms. The van der Waals surface area contributed by atoms with Crippen LogP contribution >= 0.6 is 0 Å². The number of hydrogen-bond acceptors (Lipinski definition) is 0. The lowest BCUT2D eigenvalue weighted by atomic mass is 9.97. The zero-order chi connectivity index (χ0) is 13.1. The summed E-state index contributed by atoms with van der Waals surface area (Å²) in [4.78, 5) is 0. The van der Waals surface area contributed by atoms with E-state index in [1.165, 1.54) is 56.0 Å². The highest BCUT2D eigenvalue weighted by Crippen LogP contribution is 2.31. The molecule has 3 aliphatic carbocycles. The van der Waals surface area contributed by atoms with E-state index in [0.29, 0.717) is 0 Å². The van der Waals surface area contributed by atoms with Crippen LogP contribution in [0.1, 0.15) is 24.0 Å². The van der Waals surface area contributed by atoms with E-state index in [0.717, 1.165) is 0 Å². The highest BCUT2D eigenvalue weighted by molar-refractivity contribution is 5.90. The van der Waals surface area contributed by atoms with Crippen LogP contribution in [0.2, 0.25) is 0 Å². The summed E-state index contributed by atoms with van der Waals surface area (Å²) < 4.78 is 0. The minimum atomic E-state index is 1.18. The molecule has 0 saturated heterocycles. The third-order valence-corrected chi connectivity index (χ3v) is 4.66. The van der Waals surface area contributed by atoms with Crippen molar-refractivity contribution in [2.24, 2.45) is 0 Å². The monoisotopic (exact) mass is 254 g/mol. The van der Waals surface area contributed by atoms with Crippen molar-refractivity contribution in [1.29, 1.82) is 0 Å². The van der Waals surface area contributed by atoms with Crippen molar-refractivity contribution in [3.63, 3.8) is 0 Å². The van der Waals surface area contributed by atoms with Crippen molar-refractivity contribution < 1.29 is 0 Å². The Morgan fingerprint density at radius 2 is 1.60 bits per heavy atom. The first-order valence-electron chi connectivity index (χ1n) is 7.28. The van der Waals surface area contributed by atoms with Gasteiger partial charge in [0.05, 0.1) is 0 Å². The lowest BCUT2D eigenvalue weighted by molar-refractivity contribution is 1.01. The normalized spacial score (nSPS) is 17.0. The van der Waals surface area contributed by atoms with Crippen LogP contribution in [-0.4, -0.2) is 0 Å². The number of hydrogen-bond donors (Lipinski definition) is 0. The van der Waals surface area contributed by atoms with Gasteiger partial charge in [-0.2, -0.15) is 0 Å². The second-order valence-electron chi connectivity index (χ2n) is 5.74. The van der Waals surface area contributed by atoms with Gasteiger partial charge in [-0.1, -0.05) is 48.6 Å². The van der Waals surface area contributed by atoms with Gasteiger partial charge in [-0.3, -0.25) is 0 Å². The Hall–Kier alpha value is -2.34. The quantitative estimate of drug-likeness (QED) is 0.578. The van der Waals surface area contributed by atoms with E-state index in [2.05, 4.69) is 60.7 Å². The maximum absolute atomic E-state index is 2.41. The van der Waals surface area contributed by atoms with E-state index in [1.54, 1.807) is 0 Å². The minimum Gasteiger partial charge on any atom is -0.0836 e. The van der Waals surface area contributed by atoms with Gasteiger partial charge >= 0.3 is 0 Å². The predicted octanol–water partition coefficient (Wildman–Crippen LogP) is 3.01. The molecule has 0 nitrogen and oxygen atoms in total. The Morgan fingerprint density at radius 3 is 2.60 bits per heavy atom. The first-order valence-corrected chi connectivity index (χ1v) is 7.28. The molecule has 0 amide bonds. The van der Waals surface area contributed by atoms with Crippen LogP contribution in [0.15, 0.2) is 54.1 Å². The molecule has 0 fully saturated rings. The number of rotatable bonds is 0. The summed E-state index contributed by atoms with van der Waals surface area (Å²) >= 11 is 0. The predicted molar refractivity (Wildman–Crippen MR) is 83.1 cm³/mol. The highest BCUT2D eigenvalue weighted by atomic mass is 14.2. The summed E-state index contributed by atoms with van der Waals surface area (Å²) in [6, 6.07) is 13.3. The Bertz CT molecular complexity index is 1030. The second kappa shape index (κ2) is 3.61. The fraction of sp³-hybridized carbons (Fsp3) is 0.100. The lowest BCUT2D eigenvalue weighted by Crippen LogP contribution is -2.08. The molecule has 2 aromatic rings. The largest absolute Gasteiger partial charge is 0.0836 e. The van der Waals surface area contributed by atoms with Gasteiger partial charge < -0.3 is 0 Å². The fourth-order valence-electron chi connectivity index (χ4n) is 3.71. The van der Waals surface area contributed by atoms with Crippen LogP contribution in [0.25, 0.3) is 17.7 Å². The molecule has 0 heterocycles. The molecular weight excluding hydrogens is 240 g/mol. The van der Waals surface area contributed by atoms with Crippen LogP contribution < -0.4 is 10.4 Å². The second-order valence-corrected chi connectivity index (χ2v) is 5.74. The van der Waals surface area contributed by atoms with Crippen molar-refractivity contribution in [3.8, 4) is 0 Å². The summed E-state index contributed by atoms with van der Waals surface area (Å²) in [5, 5.41) is 5.53. The molecule has 0 aliphatic heterocycles. The molecule has 20 heavy (non-hydrogen) atoms. The zero-order valence-corrected chi connectivity index (χ0v) is 11.2. The third-order valence-electron chi connectivity index (χ3n) is 4.66. The van der Waals surface area contributed by atoms with Crippen LogP contribution in [-0.2, 0) is 0 Å². The summed E-state index contributed by atoms with van der Waals surface area (Å²) in [6.07, 6.45) is 11.7. The molecule has 0 radical (unpaired) electrons. The number of allylic oxidation sites excluding steroid dienone is 3. The minimum absolute atomic E-state index is 1.18. The van der Waals surface area contributed by atoms with E-state index in [1.807, 2.05) is 0 Å². The van der Waals surface area contributed by atoms with Crippen molar-refractivity contribution in [3.05, 3.63) is 86.1 Å². The van der Waals surface area contributed by atoms with E-state index < -0.39 is 0 Å². The molecule has 0 unspecified atom stereocenters. The summed E-state index contributed by atoms with van der Waals surface area (Å²) in [5.74, 6) is 0. The van der Waals surface area contributed by atoms with Gasteiger partial charge in [0, 0.05) is 0 Å². The van der Waals surface area contributed by atoms with E-state index in [4.69, 9.17) is 0 Å². The first-order chi connectivity index (χ1) is 9.92. The molecular formula is C20H14. The first kappa shape index (κ1) is 10.4. The maximum atomic E-state index is 2.41. The topological polar surface area (TPSA) is 0 Å². The maximum Gasteiger partial charge on any atom is -0.00927 e. The van der Waals surface area contributed by atoms with Crippen LogP contribution in [0.5, 0.6) is 0 Å². The Morgan fingerprint density at radius 1 is 0.750 bits per heavy atom. The van der Waals surface area contributed by atoms with Crippen LogP contribution in [0.4, 0.5) is 0 Å². The van der Waals surface area contributed by atoms with Crippen molar-refractivity contribution in [2.45, 2.75) is 12.8 Å². The molecule has 5 rings (SSSR count).